The standard InChI is InChI=1S/C25H31F2N.C2H3N/c1-19(2)28(18-20-8-4-3-5-9-20)17-7-10-21-22(24(26)13-14-24)11-6-12-23(21)25(27)15-16-25;1-2-3/h3-6,8-9,11-12,19H,7,10,13-18H2,1-2H3;1H3. The molecule has 4 rings (SSSR count). The fourth-order valence-corrected chi connectivity index (χ4v) is 4.25. The van der Waals surface area contributed by atoms with Crippen molar-refractivity contribution < 1.29 is 8.78 Å². The van der Waals surface area contributed by atoms with E-state index in [1.54, 1.807) is 6.07 Å². The lowest BCUT2D eigenvalue weighted by atomic mass is 9.90. The van der Waals surface area contributed by atoms with Crippen LogP contribution in [-0.2, 0) is 24.3 Å². The molecule has 0 heterocycles. The van der Waals surface area contributed by atoms with E-state index in [-0.39, 0.29) is 0 Å². The highest BCUT2D eigenvalue weighted by atomic mass is 19.1. The Morgan fingerprint density at radius 3 is 1.90 bits per heavy atom. The van der Waals surface area contributed by atoms with Crippen LogP contribution in [0.4, 0.5) is 8.78 Å². The lowest BCUT2D eigenvalue weighted by Gasteiger charge is -2.27. The van der Waals surface area contributed by atoms with Crippen molar-refractivity contribution in [1.82, 2.24) is 4.90 Å². The maximum Gasteiger partial charge on any atom is 0.136 e. The molecule has 166 valence electrons. The van der Waals surface area contributed by atoms with E-state index >= 15 is 0 Å². The SMILES string of the molecule is CC#N.CC(C)N(CCCc1c(C2(F)CC2)cccc1C1(F)CC1)Cc1ccccc1. The van der Waals surface area contributed by atoms with Crippen LogP contribution in [0.25, 0.3) is 0 Å². The number of alkyl halides is 2. The number of hydrogen-bond donors (Lipinski definition) is 0. The summed E-state index contributed by atoms with van der Waals surface area (Å²) in [6.45, 7) is 7.69. The summed E-state index contributed by atoms with van der Waals surface area (Å²) in [5.41, 5.74) is 1.35. The second-order valence-electron chi connectivity index (χ2n) is 9.14. The Bertz CT molecular complexity index is 857. The van der Waals surface area contributed by atoms with E-state index < -0.39 is 11.3 Å². The fraction of sp³-hybridized carbons (Fsp3) is 0.519. The van der Waals surface area contributed by atoms with Crippen molar-refractivity contribution in [2.24, 2.45) is 0 Å². The van der Waals surface area contributed by atoms with E-state index in [9.17, 15) is 8.78 Å². The lowest BCUT2D eigenvalue weighted by molar-refractivity contribution is 0.209. The Kier molecular flexibility index (Phi) is 7.49. The Morgan fingerprint density at radius 2 is 1.45 bits per heavy atom. The summed E-state index contributed by atoms with van der Waals surface area (Å²) in [5.74, 6) is 0. The van der Waals surface area contributed by atoms with Gasteiger partial charge < -0.3 is 0 Å². The molecule has 31 heavy (non-hydrogen) atoms. The maximum atomic E-state index is 15.0. The normalized spacial score (nSPS) is 17.6. The molecule has 0 spiro atoms. The fourth-order valence-electron chi connectivity index (χ4n) is 4.25. The van der Waals surface area contributed by atoms with Crippen molar-refractivity contribution >= 4 is 0 Å². The number of rotatable bonds is 9. The first-order valence-corrected chi connectivity index (χ1v) is 11.4. The second-order valence-corrected chi connectivity index (χ2v) is 9.14. The molecule has 4 heteroatoms. The molecule has 0 unspecified atom stereocenters. The summed E-state index contributed by atoms with van der Waals surface area (Å²) in [6, 6.07) is 18.3. The highest BCUT2D eigenvalue weighted by Crippen LogP contribution is 2.55. The summed E-state index contributed by atoms with van der Waals surface area (Å²) in [4.78, 5) is 2.45. The minimum atomic E-state index is -1.21. The van der Waals surface area contributed by atoms with Crippen LogP contribution in [0.3, 0.4) is 0 Å². The van der Waals surface area contributed by atoms with Gasteiger partial charge in [-0.15, -0.1) is 0 Å². The first-order chi connectivity index (χ1) is 14.8. The molecule has 0 amide bonds. The number of hydrogen-bond acceptors (Lipinski definition) is 2. The molecule has 0 radical (unpaired) electrons. The molecule has 0 aliphatic heterocycles. The van der Waals surface area contributed by atoms with Crippen LogP contribution in [-0.4, -0.2) is 17.5 Å². The van der Waals surface area contributed by atoms with Crippen molar-refractivity contribution in [3.63, 3.8) is 0 Å². The molecular weight excluding hydrogens is 390 g/mol. The van der Waals surface area contributed by atoms with E-state index in [0.29, 0.717) is 31.7 Å². The van der Waals surface area contributed by atoms with Crippen molar-refractivity contribution in [3.8, 4) is 6.07 Å². The third-order valence-electron chi connectivity index (χ3n) is 6.35. The monoisotopic (exact) mass is 424 g/mol. The molecule has 2 fully saturated rings. The van der Waals surface area contributed by atoms with Crippen LogP contribution in [0.15, 0.2) is 48.5 Å². The van der Waals surface area contributed by atoms with Gasteiger partial charge in [-0.25, -0.2) is 8.78 Å². The Labute approximate surface area is 185 Å². The van der Waals surface area contributed by atoms with Gasteiger partial charge in [0, 0.05) is 19.5 Å². The zero-order valence-corrected chi connectivity index (χ0v) is 19.0. The summed E-state index contributed by atoms with van der Waals surface area (Å²) in [5, 5.41) is 7.32. The number of nitrogens with zero attached hydrogens (tertiary/aromatic N) is 2. The average molecular weight is 425 g/mol. The van der Waals surface area contributed by atoms with Crippen molar-refractivity contribution in [2.75, 3.05) is 6.54 Å². The summed E-state index contributed by atoms with van der Waals surface area (Å²) < 4.78 is 29.9. The third kappa shape index (κ3) is 5.92. The van der Waals surface area contributed by atoms with Gasteiger partial charge in [-0.1, -0.05) is 48.5 Å². The molecule has 0 atom stereocenters. The minimum Gasteiger partial charge on any atom is -0.297 e. The predicted octanol–water partition coefficient (Wildman–Crippen LogP) is 6.98. The molecule has 0 saturated heterocycles. The maximum absolute atomic E-state index is 15.0. The molecule has 2 aliphatic carbocycles. The Morgan fingerprint density at radius 1 is 0.935 bits per heavy atom. The molecule has 2 nitrogen and oxygen atoms in total. The summed E-state index contributed by atoms with van der Waals surface area (Å²) in [7, 11) is 0. The van der Waals surface area contributed by atoms with Crippen LogP contribution >= 0.6 is 0 Å². The minimum absolute atomic E-state index is 0.432. The van der Waals surface area contributed by atoms with Crippen LogP contribution in [0.5, 0.6) is 0 Å². The topological polar surface area (TPSA) is 27.0 Å². The van der Waals surface area contributed by atoms with Crippen molar-refractivity contribution in [1.29, 1.82) is 5.26 Å². The smallest absolute Gasteiger partial charge is 0.136 e. The Balaban J connectivity index is 0.000000858. The molecule has 0 aromatic heterocycles. The van der Waals surface area contributed by atoms with Crippen LogP contribution in [0.1, 0.15) is 75.1 Å². The van der Waals surface area contributed by atoms with Crippen molar-refractivity contribution in [3.05, 3.63) is 70.8 Å². The largest absolute Gasteiger partial charge is 0.297 e. The van der Waals surface area contributed by atoms with Gasteiger partial charge in [0.25, 0.3) is 0 Å². The molecule has 0 bridgehead atoms. The van der Waals surface area contributed by atoms with Gasteiger partial charge in [-0.2, -0.15) is 5.26 Å². The highest BCUT2D eigenvalue weighted by Gasteiger charge is 2.50. The third-order valence-corrected chi connectivity index (χ3v) is 6.35. The second kappa shape index (κ2) is 9.92. The summed E-state index contributed by atoms with van der Waals surface area (Å²) >= 11 is 0. The predicted molar refractivity (Wildman–Crippen MR) is 122 cm³/mol. The molecule has 2 aromatic carbocycles. The van der Waals surface area contributed by atoms with Gasteiger partial charge in [-0.05, 0) is 81.2 Å². The van der Waals surface area contributed by atoms with E-state index in [2.05, 4.69) is 43.0 Å². The lowest BCUT2D eigenvalue weighted by Crippen LogP contribution is -2.31. The molecule has 0 N–H and O–H groups in total. The van der Waals surface area contributed by atoms with Crippen LogP contribution < -0.4 is 0 Å². The number of benzene rings is 2. The molecular formula is C27H34F2N2. The van der Waals surface area contributed by atoms with Gasteiger partial charge in [0.15, 0.2) is 0 Å². The van der Waals surface area contributed by atoms with E-state index in [1.165, 1.54) is 12.5 Å². The quantitative estimate of drug-likeness (QED) is 0.434. The van der Waals surface area contributed by atoms with Gasteiger partial charge in [0.05, 0.1) is 6.07 Å². The van der Waals surface area contributed by atoms with Gasteiger partial charge >= 0.3 is 0 Å². The number of halogens is 2. The average Bonchev–Trinajstić information content (AvgIpc) is 3.68. The van der Waals surface area contributed by atoms with E-state index in [0.717, 1.165) is 42.6 Å². The summed E-state index contributed by atoms with van der Waals surface area (Å²) in [6.07, 6.45) is 3.98. The first-order valence-electron chi connectivity index (χ1n) is 11.4. The van der Waals surface area contributed by atoms with E-state index in [4.69, 9.17) is 5.26 Å². The van der Waals surface area contributed by atoms with E-state index in [1.807, 2.05) is 24.3 Å². The van der Waals surface area contributed by atoms with Gasteiger partial charge in [0.1, 0.15) is 11.3 Å². The molecule has 2 aromatic rings. The zero-order chi connectivity index (χ0) is 22.5. The van der Waals surface area contributed by atoms with Gasteiger partial charge in [0.2, 0.25) is 0 Å². The first kappa shape index (κ1) is 23.4. The van der Waals surface area contributed by atoms with Gasteiger partial charge in [-0.3, -0.25) is 4.90 Å². The van der Waals surface area contributed by atoms with Crippen LogP contribution in [0.2, 0.25) is 0 Å². The number of nitriles is 1. The molecule has 2 saturated carbocycles. The highest BCUT2D eigenvalue weighted by molar-refractivity contribution is 5.46. The van der Waals surface area contributed by atoms with Crippen molar-refractivity contribution in [2.45, 2.75) is 83.2 Å². The van der Waals surface area contributed by atoms with Crippen LogP contribution in [0, 0.1) is 11.3 Å². The zero-order valence-electron chi connectivity index (χ0n) is 19.0. The molecule has 2 aliphatic rings. The Hall–Kier alpha value is -2.25.